The van der Waals surface area contributed by atoms with E-state index in [0.717, 1.165) is 17.9 Å². The Morgan fingerprint density at radius 1 is 1.25 bits per heavy atom. The van der Waals surface area contributed by atoms with Crippen LogP contribution in [-0.2, 0) is 0 Å². The van der Waals surface area contributed by atoms with Crippen molar-refractivity contribution in [3.63, 3.8) is 0 Å². The highest BCUT2D eigenvalue weighted by atomic mass is 32.1. The number of thiazole rings is 1. The number of ether oxygens (including phenoxy) is 1. The van der Waals surface area contributed by atoms with Gasteiger partial charge in [-0.2, -0.15) is 0 Å². The average Bonchev–Trinajstić information content (AvgIpc) is 3.03. The van der Waals surface area contributed by atoms with E-state index < -0.39 is 0 Å². The predicted molar refractivity (Wildman–Crippen MR) is 91.4 cm³/mol. The molecule has 0 saturated heterocycles. The molecule has 1 aromatic carbocycles. The van der Waals surface area contributed by atoms with Crippen molar-refractivity contribution in [2.45, 2.75) is 6.42 Å². The number of benzene rings is 1. The lowest BCUT2D eigenvalue weighted by Gasteiger charge is -2.20. The van der Waals surface area contributed by atoms with Crippen LogP contribution in [-0.4, -0.2) is 34.0 Å². The number of amides is 1. The molecule has 3 heterocycles. The fraction of sp³-hybridized carbons (Fsp3) is 0.176. The molecule has 1 amide bonds. The lowest BCUT2D eigenvalue weighted by atomic mass is 10.2. The van der Waals surface area contributed by atoms with Crippen molar-refractivity contribution < 1.29 is 9.53 Å². The normalized spacial score (nSPS) is 13.8. The lowest BCUT2D eigenvalue weighted by Crippen LogP contribution is -2.31. The minimum atomic E-state index is -0.126. The smallest absolute Gasteiger partial charge is 0.277 e. The summed E-state index contributed by atoms with van der Waals surface area (Å²) >= 11 is 1.39. The number of para-hydroxylation sites is 2. The van der Waals surface area contributed by atoms with E-state index >= 15 is 0 Å². The Hall–Kier alpha value is -2.80. The molecule has 0 N–H and O–H groups in total. The third kappa shape index (κ3) is 2.74. The molecule has 6 nitrogen and oxygen atoms in total. The molecular formula is C17H14N4O2S. The summed E-state index contributed by atoms with van der Waals surface area (Å²) in [5.74, 6) is 0.604. The van der Waals surface area contributed by atoms with Crippen molar-refractivity contribution in [1.29, 1.82) is 0 Å². The van der Waals surface area contributed by atoms with Crippen LogP contribution in [0.5, 0.6) is 5.75 Å². The predicted octanol–water partition coefficient (Wildman–Crippen LogP) is 3.03. The molecule has 0 bridgehead atoms. The number of aromatic nitrogens is 3. The first-order valence-electron chi connectivity index (χ1n) is 7.58. The van der Waals surface area contributed by atoms with Crippen molar-refractivity contribution in [1.82, 2.24) is 15.0 Å². The summed E-state index contributed by atoms with van der Waals surface area (Å²) in [6.07, 6.45) is 5.64. The van der Waals surface area contributed by atoms with E-state index in [1.54, 1.807) is 28.9 Å². The van der Waals surface area contributed by atoms with E-state index in [1.165, 1.54) is 11.3 Å². The van der Waals surface area contributed by atoms with Crippen LogP contribution in [0, 0.1) is 0 Å². The molecule has 7 heteroatoms. The van der Waals surface area contributed by atoms with Crippen LogP contribution in [0.1, 0.15) is 16.9 Å². The third-order valence-electron chi connectivity index (χ3n) is 3.69. The number of hydrogen-bond acceptors (Lipinski definition) is 6. The summed E-state index contributed by atoms with van der Waals surface area (Å²) in [5, 5.41) is 2.45. The zero-order valence-electron chi connectivity index (χ0n) is 12.8. The first-order valence-corrected chi connectivity index (χ1v) is 8.46. The number of rotatable bonds is 2. The van der Waals surface area contributed by atoms with Crippen LogP contribution < -0.4 is 9.64 Å². The molecule has 0 radical (unpaired) electrons. The van der Waals surface area contributed by atoms with Crippen LogP contribution in [0.3, 0.4) is 0 Å². The van der Waals surface area contributed by atoms with E-state index in [4.69, 9.17) is 4.74 Å². The molecule has 0 spiro atoms. The second kappa shape index (κ2) is 6.37. The highest BCUT2D eigenvalue weighted by Gasteiger charge is 2.25. The molecule has 1 aliphatic rings. The minimum Gasteiger partial charge on any atom is -0.491 e. The molecule has 2 aromatic heterocycles. The van der Waals surface area contributed by atoms with E-state index in [2.05, 4.69) is 15.0 Å². The van der Waals surface area contributed by atoms with Crippen LogP contribution in [0.2, 0.25) is 0 Å². The van der Waals surface area contributed by atoms with E-state index in [9.17, 15) is 4.79 Å². The van der Waals surface area contributed by atoms with Gasteiger partial charge < -0.3 is 9.64 Å². The molecule has 0 fully saturated rings. The number of carbonyl (C=O) groups excluding carboxylic acids is 1. The molecule has 0 aliphatic carbocycles. The maximum Gasteiger partial charge on any atom is 0.277 e. The standard InChI is InChI=1S/C17H14N4O2S/c22-17(13-11-24-16(20-13)12-10-18-6-7-19-12)21-8-3-9-23-15-5-2-1-4-14(15)21/h1-2,4-7,10-11H,3,8-9H2. The Bertz CT molecular complexity index is 866. The zero-order valence-corrected chi connectivity index (χ0v) is 13.6. The van der Waals surface area contributed by atoms with E-state index in [1.807, 2.05) is 24.3 Å². The van der Waals surface area contributed by atoms with Crippen molar-refractivity contribution in [2.75, 3.05) is 18.1 Å². The molecule has 3 aromatic rings. The van der Waals surface area contributed by atoms with Gasteiger partial charge >= 0.3 is 0 Å². The second-order valence-corrected chi connectivity index (χ2v) is 6.11. The highest BCUT2D eigenvalue weighted by molar-refractivity contribution is 7.13. The highest BCUT2D eigenvalue weighted by Crippen LogP contribution is 2.32. The zero-order chi connectivity index (χ0) is 16.4. The second-order valence-electron chi connectivity index (χ2n) is 5.26. The van der Waals surface area contributed by atoms with Gasteiger partial charge in [0, 0.05) is 24.3 Å². The van der Waals surface area contributed by atoms with Gasteiger partial charge in [0.05, 0.1) is 18.5 Å². The molecule has 24 heavy (non-hydrogen) atoms. The van der Waals surface area contributed by atoms with Gasteiger partial charge in [-0.25, -0.2) is 4.98 Å². The molecule has 1 aliphatic heterocycles. The Morgan fingerprint density at radius 2 is 2.17 bits per heavy atom. The fourth-order valence-corrected chi connectivity index (χ4v) is 3.33. The van der Waals surface area contributed by atoms with Crippen molar-refractivity contribution >= 4 is 22.9 Å². The number of anilines is 1. The van der Waals surface area contributed by atoms with Crippen molar-refractivity contribution in [3.05, 3.63) is 53.9 Å². The lowest BCUT2D eigenvalue weighted by molar-refractivity contribution is 0.0983. The summed E-state index contributed by atoms with van der Waals surface area (Å²) in [6.45, 7) is 1.20. The van der Waals surface area contributed by atoms with Gasteiger partial charge in [-0.3, -0.25) is 14.8 Å². The van der Waals surface area contributed by atoms with Gasteiger partial charge in [-0.1, -0.05) is 12.1 Å². The Balaban J connectivity index is 1.66. The number of carbonyl (C=O) groups is 1. The third-order valence-corrected chi connectivity index (χ3v) is 4.56. The number of hydrogen-bond donors (Lipinski definition) is 0. The largest absolute Gasteiger partial charge is 0.491 e. The fourth-order valence-electron chi connectivity index (χ4n) is 2.58. The van der Waals surface area contributed by atoms with Crippen molar-refractivity contribution in [2.24, 2.45) is 0 Å². The first kappa shape index (κ1) is 14.8. The topological polar surface area (TPSA) is 68.2 Å². The maximum absolute atomic E-state index is 12.9. The molecule has 120 valence electrons. The van der Waals surface area contributed by atoms with E-state index in [0.29, 0.717) is 29.5 Å². The van der Waals surface area contributed by atoms with Crippen LogP contribution in [0.25, 0.3) is 10.7 Å². The number of nitrogens with zero attached hydrogens (tertiary/aromatic N) is 4. The molecule has 0 unspecified atom stereocenters. The van der Waals surface area contributed by atoms with Gasteiger partial charge in [0.15, 0.2) is 0 Å². The molecular weight excluding hydrogens is 324 g/mol. The SMILES string of the molecule is O=C(c1csc(-c2cnccn2)n1)N1CCCOc2ccccc21. The quantitative estimate of drug-likeness (QED) is 0.718. The summed E-state index contributed by atoms with van der Waals surface area (Å²) in [6, 6.07) is 7.59. The minimum absolute atomic E-state index is 0.126. The van der Waals surface area contributed by atoms with Gasteiger partial charge in [0.25, 0.3) is 5.91 Å². The van der Waals surface area contributed by atoms with E-state index in [-0.39, 0.29) is 5.91 Å². The van der Waals surface area contributed by atoms with Crippen LogP contribution in [0.15, 0.2) is 48.2 Å². The van der Waals surface area contributed by atoms with Gasteiger partial charge in [0.2, 0.25) is 0 Å². The monoisotopic (exact) mass is 338 g/mol. The Kier molecular flexibility index (Phi) is 3.92. The van der Waals surface area contributed by atoms with Crippen LogP contribution >= 0.6 is 11.3 Å². The Morgan fingerprint density at radius 3 is 3.04 bits per heavy atom. The van der Waals surface area contributed by atoms with Crippen LogP contribution in [0.4, 0.5) is 5.69 Å². The summed E-state index contributed by atoms with van der Waals surface area (Å²) in [4.78, 5) is 27.4. The first-order chi connectivity index (χ1) is 11.8. The summed E-state index contributed by atoms with van der Waals surface area (Å²) in [5.41, 5.74) is 1.87. The maximum atomic E-state index is 12.9. The average molecular weight is 338 g/mol. The van der Waals surface area contributed by atoms with Gasteiger partial charge in [-0.05, 0) is 18.6 Å². The summed E-state index contributed by atoms with van der Waals surface area (Å²) in [7, 11) is 0. The Labute approximate surface area is 142 Å². The summed E-state index contributed by atoms with van der Waals surface area (Å²) < 4.78 is 5.71. The van der Waals surface area contributed by atoms with Crippen molar-refractivity contribution in [3.8, 4) is 16.5 Å². The number of fused-ring (bicyclic) bond motifs is 1. The van der Waals surface area contributed by atoms with Gasteiger partial charge in [0.1, 0.15) is 22.1 Å². The van der Waals surface area contributed by atoms with Gasteiger partial charge in [-0.15, -0.1) is 11.3 Å². The molecule has 0 atom stereocenters. The molecule has 0 saturated carbocycles. The molecule has 4 rings (SSSR count).